The molecule has 1 aromatic carbocycles. The molecule has 2 N–H and O–H groups in total. The second kappa shape index (κ2) is 9.70. The highest BCUT2D eigenvalue weighted by Crippen LogP contribution is 2.46. The van der Waals surface area contributed by atoms with Crippen molar-refractivity contribution in [3.63, 3.8) is 0 Å². The quantitative estimate of drug-likeness (QED) is 0.452. The van der Waals surface area contributed by atoms with Crippen LogP contribution in [-0.4, -0.2) is 48.6 Å². The average Bonchev–Trinajstić information content (AvgIpc) is 2.95. The molecule has 0 aliphatic carbocycles. The number of ether oxygens (including phenoxy) is 2. The van der Waals surface area contributed by atoms with E-state index in [0.29, 0.717) is 0 Å². The molecule has 0 amide bonds. The number of esters is 1. The van der Waals surface area contributed by atoms with E-state index in [1.165, 1.54) is 6.92 Å². The van der Waals surface area contributed by atoms with Crippen LogP contribution < -0.4 is 9.61 Å². The molecule has 1 fully saturated rings. The topological polar surface area (TPSA) is 127 Å². The molecule has 9 nitrogen and oxygen atoms in total. The molecule has 1 aliphatic heterocycles. The van der Waals surface area contributed by atoms with Crippen LogP contribution in [0, 0.1) is 16.7 Å². The molecular weight excluding hydrogens is 399 g/mol. The number of aliphatic hydroxyl groups is 1. The molecule has 160 valence electrons. The first-order valence-electron chi connectivity index (χ1n) is 9.27. The first-order valence-corrected chi connectivity index (χ1v) is 10.8. The van der Waals surface area contributed by atoms with Gasteiger partial charge in [-0.1, -0.05) is 18.2 Å². The average molecular weight is 426 g/mol. The van der Waals surface area contributed by atoms with Crippen LogP contribution in [0.3, 0.4) is 0 Å². The number of hydrogen-bond acceptors (Lipinski definition) is 8. The van der Waals surface area contributed by atoms with Gasteiger partial charge in [-0.15, -0.1) is 0 Å². The number of carbonyl (C=O) groups excluding carboxylic acids is 1. The van der Waals surface area contributed by atoms with Crippen LogP contribution in [0.25, 0.3) is 0 Å². The lowest BCUT2D eigenvalue weighted by Gasteiger charge is -2.25. The highest BCUT2D eigenvalue weighted by molar-refractivity contribution is 7.52. The number of aliphatic hydroxyl groups excluding tert-OH is 1. The van der Waals surface area contributed by atoms with Gasteiger partial charge in [0.25, 0.3) is 0 Å². The molecule has 0 spiro atoms. The highest BCUT2D eigenvalue weighted by Gasteiger charge is 2.47. The minimum absolute atomic E-state index is 0.0209. The summed E-state index contributed by atoms with van der Waals surface area (Å²) < 4.78 is 34.8. The van der Waals surface area contributed by atoms with Crippen molar-refractivity contribution in [2.45, 2.75) is 52.0 Å². The van der Waals surface area contributed by atoms with Crippen LogP contribution >= 0.6 is 7.75 Å². The molecule has 1 saturated heterocycles. The Balaban J connectivity index is 2.11. The predicted octanol–water partition coefficient (Wildman–Crippen LogP) is 2.41. The molecule has 10 heteroatoms. The fourth-order valence-electron chi connectivity index (χ4n) is 2.61. The Labute approximate surface area is 170 Å². The summed E-state index contributed by atoms with van der Waals surface area (Å²) in [6.07, 6.45) is -2.33. The molecule has 29 heavy (non-hydrogen) atoms. The molecule has 1 heterocycles. The van der Waals surface area contributed by atoms with Gasteiger partial charge in [0.1, 0.15) is 29.4 Å². The third-order valence-corrected chi connectivity index (χ3v) is 5.94. The minimum atomic E-state index is -4.05. The fourth-order valence-corrected chi connectivity index (χ4v) is 4.11. The summed E-state index contributed by atoms with van der Waals surface area (Å²) in [5.41, 5.74) is -1.08. The first-order chi connectivity index (χ1) is 13.6. The van der Waals surface area contributed by atoms with Gasteiger partial charge in [-0.2, -0.15) is 10.3 Å². The maximum Gasteiger partial charge on any atom is 0.459 e. The van der Waals surface area contributed by atoms with Crippen molar-refractivity contribution in [1.82, 2.24) is 5.09 Å². The zero-order valence-corrected chi connectivity index (χ0v) is 17.8. The van der Waals surface area contributed by atoms with E-state index in [2.05, 4.69) is 5.09 Å². The van der Waals surface area contributed by atoms with Gasteiger partial charge < -0.3 is 19.1 Å². The Bertz CT molecular complexity index is 783. The Hall–Kier alpha value is -1.95. The van der Waals surface area contributed by atoms with E-state index in [1.54, 1.807) is 51.1 Å². The second-order valence-electron chi connectivity index (χ2n) is 7.36. The van der Waals surface area contributed by atoms with Crippen LogP contribution in [0.15, 0.2) is 30.3 Å². The van der Waals surface area contributed by atoms with E-state index in [4.69, 9.17) is 18.5 Å². The lowest BCUT2D eigenvalue weighted by molar-refractivity contribution is -0.149. The van der Waals surface area contributed by atoms with Crippen molar-refractivity contribution in [3.8, 4) is 11.8 Å². The molecule has 1 aliphatic rings. The molecular formula is C19H27N2O7P. The lowest BCUT2D eigenvalue weighted by Crippen LogP contribution is -2.38. The number of benzene rings is 1. The zero-order valence-electron chi connectivity index (χ0n) is 16.9. The van der Waals surface area contributed by atoms with Crippen molar-refractivity contribution < 1.29 is 33.0 Å². The molecule has 0 radical (unpaired) electrons. The third kappa shape index (κ3) is 6.26. The van der Waals surface area contributed by atoms with E-state index in [0.717, 1.165) is 0 Å². The predicted molar refractivity (Wildman–Crippen MR) is 104 cm³/mol. The summed E-state index contributed by atoms with van der Waals surface area (Å²) in [7, 11) is -4.05. The number of para-hydroxylation sites is 1. The Kier molecular flexibility index (Phi) is 7.80. The van der Waals surface area contributed by atoms with Gasteiger partial charge >= 0.3 is 13.7 Å². The molecule has 0 bridgehead atoms. The van der Waals surface area contributed by atoms with Gasteiger partial charge in [-0.3, -0.25) is 9.32 Å². The Morgan fingerprint density at radius 1 is 1.41 bits per heavy atom. The molecule has 5 unspecified atom stereocenters. The van der Waals surface area contributed by atoms with Gasteiger partial charge in [-0.05, 0) is 39.8 Å². The first kappa shape index (κ1) is 23.3. The normalized spacial score (nSPS) is 27.1. The van der Waals surface area contributed by atoms with E-state index in [9.17, 15) is 19.7 Å². The van der Waals surface area contributed by atoms with Gasteiger partial charge in [0, 0.05) is 0 Å². The summed E-state index contributed by atoms with van der Waals surface area (Å²) in [5, 5.41) is 22.1. The lowest BCUT2D eigenvalue weighted by atomic mass is 9.87. The fraction of sp³-hybridized carbons (Fsp3) is 0.579. The highest BCUT2D eigenvalue weighted by atomic mass is 31.2. The Morgan fingerprint density at radius 3 is 2.62 bits per heavy atom. The molecule has 5 atom stereocenters. The van der Waals surface area contributed by atoms with Crippen LogP contribution in [0.2, 0.25) is 0 Å². The van der Waals surface area contributed by atoms with Crippen molar-refractivity contribution in [2.75, 3.05) is 13.2 Å². The van der Waals surface area contributed by atoms with Crippen LogP contribution in [0.4, 0.5) is 0 Å². The van der Waals surface area contributed by atoms with Crippen LogP contribution in [-0.2, 0) is 23.4 Å². The van der Waals surface area contributed by atoms with Gasteiger partial charge in [0.05, 0.1) is 25.4 Å². The number of hydrogen-bond donors (Lipinski definition) is 2. The SMILES string of the molecule is CC(C)OC(=O)C(C)NP(=O)(OCC1OCC(C)(C#N)C1O)Oc1ccccc1. The summed E-state index contributed by atoms with van der Waals surface area (Å²) in [6, 6.07) is 9.35. The van der Waals surface area contributed by atoms with Crippen molar-refractivity contribution in [2.24, 2.45) is 5.41 Å². The van der Waals surface area contributed by atoms with Crippen LogP contribution in [0.1, 0.15) is 27.7 Å². The van der Waals surface area contributed by atoms with Crippen molar-refractivity contribution >= 4 is 13.7 Å². The number of carbonyl (C=O) groups is 1. The molecule has 0 saturated carbocycles. The number of rotatable bonds is 9. The third-order valence-electron chi connectivity index (χ3n) is 4.29. The van der Waals surface area contributed by atoms with Gasteiger partial charge in [-0.25, -0.2) is 4.57 Å². The van der Waals surface area contributed by atoms with Gasteiger partial charge in [0.2, 0.25) is 0 Å². The monoisotopic (exact) mass is 426 g/mol. The molecule has 2 rings (SSSR count). The van der Waals surface area contributed by atoms with Crippen molar-refractivity contribution in [1.29, 1.82) is 5.26 Å². The number of nitriles is 1. The van der Waals surface area contributed by atoms with E-state index in [1.807, 2.05) is 6.07 Å². The summed E-state index contributed by atoms with van der Waals surface area (Å²) in [4.78, 5) is 12.1. The summed E-state index contributed by atoms with van der Waals surface area (Å²) in [6.45, 7) is 6.16. The molecule has 1 aromatic rings. The minimum Gasteiger partial charge on any atom is -0.462 e. The van der Waals surface area contributed by atoms with Crippen LogP contribution in [0.5, 0.6) is 5.75 Å². The summed E-state index contributed by atoms with van der Waals surface area (Å²) >= 11 is 0. The van der Waals surface area contributed by atoms with E-state index in [-0.39, 0.29) is 25.1 Å². The largest absolute Gasteiger partial charge is 0.462 e. The van der Waals surface area contributed by atoms with Crippen molar-refractivity contribution in [3.05, 3.63) is 30.3 Å². The number of nitrogens with zero attached hydrogens (tertiary/aromatic N) is 1. The smallest absolute Gasteiger partial charge is 0.459 e. The number of nitrogens with one attached hydrogen (secondary N) is 1. The molecule has 0 aromatic heterocycles. The van der Waals surface area contributed by atoms with E-state index < -0.39 is 37.4 Å². The second-order valence-corrected chi connectivity index (χ2v) is 9.05. The van der Waals surface area contributed by atoms with Gasteiger partial charge in [0.15, 0.2) is 0 Å². The van der Waals surface area contributed by atoms with E-state index >= 15 is 0 Å². The standard InChI is InChI=1S/C19H27N2O7P/c1-13(2)27-18(23)14(3)21-29(24,28-15-8-6-5-7-9-15)26-10-16-17(22)19(4,11-20)12-25-16/h5-9,13-14,16-17,22H,10,12H2,1-4H3,(H,21,24). The zero-order chi connectivity index (χ0) is 21.7. The maximum atomic E-state index is 13.3. The maximum absolute atomic E-state index is 13.3. The Morgan fingerprint density at radius 2 is 2.07 bits per heavy atom. The summed E-state index contributed by atoms with van der Waals surface area (Å²) in [5.74, 6) is -0.350.